The molecule has 1 atom stereocenters. The molecular weight excluding hydrogens is 386 g/mol. The molecule has 1 N–H and O–H groups in total. The molecule has 1 aliphatic carbocycles. The second-order valence-corrected chi connectivity index (χ2v) is 9.07. The van der Waals surface area contributed by atoms with Gasteiger partial charge in [-0.3, -0.25) is 9.69 Å². The molecule has 1 saturated carbocycles. The molecule has 3 heterocycles. The van der Waals surface area contributed by atoms with Gasteiger partial charge in [-0.15, -0.1) is 0 Å². The van der Waals surface area contributed by atoms with Crippen LogP contribution in [0.1, 0.15) is 53.4 Å². The monoisotopic (exact) mass is 415 g/mol. The van der Waals surface area contributed by atoms with Gasteiger partial charge in [0.25, 0.3) is 5.91 Å². The van der Waals surface area contributed by atoms with Crippen molar-refractivity contribution >= 4 is 5.91 Å². The number of carbonyl (C=O) groups is 1. The number of nitrogens with zero attached hydrogens (tertiary/aromatic N) is 2. The van der Waals surface area contributed by atoms with Crippen LogP contribution in [0.5, 0.6) is 0 Å². The number of hydrogen-bond donors (Lipinski definition) is 1. The Labute approximate surface area is 183 Å². The van der Waals surface area contributed by atoms with Gasteiger partial charge in [0.05, 0.1) is 6.04 Å². The maximum Gasteiger partial charge on any atom is 0.257 e. The molecule has 1 unspecified atom stereocenters. The van der Waals surface area contributed by atoms with Crippen LogP contribution < -0.4 is 5.32 Å². The van der Waals surface area contributed by atoms with Gasteiger partial charge in [-0.05, 0) is 51.1 Å². The lowest BCUT2D eigenvalue weighted by Crippen LogP contribution is -2.62. The van der Waals surface area contributed by atoms with E-state index in [2.05, 4.69) is 46.7 Å². The molecule has 0 spiro atoms. The van der Waals surface area contributed by atoms with E-state index in [1.807, 2.05) is 43.3 Å². The van der Waals surface area contributed by atoms with Gasteiger partial charge in [-0.2, -0.15) is 0 Å². The minimum absolute atomic E-state index is 0.0657. The molecule has 31 heavy (non-hydrogen) atoms. The van der Waals surface area contributed by atoms with Crippen LogP contribution in [0.4, 0.5) is 0 Å². The summed E-state index contributed by atoms with van der Waals surface area (Å²) in [5.41, 5.74) is 3.09. The second-order valence-electron chi connectivity index (χ2n) is 9.07. The van der Waals surface area contributed by atoms with E-state index in [9.17, 15) is 4.79 Å². The van der Waals surface area contributed by atoms with Crippen LogP contribution in [-0.2, 0) is 0 Å². The molecule has 2 aliphatic heterocycles. The average Bonchev–Trinajstić information content (AvgIpc) is 3.21. The second kappa shape index (κ2) is 7.97. The fraction of sp³-hybridized carbons (Fsp3) is 0.385. The molecule has 2 bridgehead atoms. The number of fused-ring (bicyclic) bond motifs is 3. The molecule has 3 aromatic rings. The molecule has 160 valence electrons. The highest BCUT2D eigenvalue weighted by atomic mass is 16.5. The third-order valence-electron chi connectivity index (χ3n) is 7.35. The van der Waals surface area contributed by atoms with Crippen LogP contribution in [0.15, 0.2) is 65.2 Å². The number of carbonyl (C=O) groups excluding carboxylic acids is 1. The van der Waals surface area contributed by atoms with Crippen molar-refractivity contribution in [3.63, 3.8) is 0 Å². The van der Waals surface area contributed by atoms with Crippen LogP contribution in [0.25, 0.3) is 11.3 Å². The molecule has 0 radical (unpaired) electrons. The Hall–Kier alpha value is -2.92. The summed E-state index contributed by atoms with van der Waals surface area (Å²) in [7, 11) is 2.22. The summed E-state index contributed by atoms with van der Waals surface area (Å²) < 4.78 is 5.46. The summed E-state index contributed by atoms with van der Waals surface area (Å²) in [6.45, 7) is 2.91. The summed E-state index contributed by atoms with van der Waals surface area (Å²) in [5.74, 6) is 1.20. The Bertz CT molecular complexity index is 1050. The zero-order valence-corrected chi connectivity index (χ0v) is 18.2. The highest BCUT2D eigenvalue weighted by Crippen LogP contribution is 2.49. The molecule has 6 rings (SSSR count). The van der Waals surface area contributed by atoms with Gasteiger partial charge in [-0.25, -0.2) is 0 Å². The highest BCUT2D eigenvalue weighted by Gasteiger charge is 2.50. The summed E-state index contributed by atoms with van der Waals surface area (Å²) in [6.07, 6.45) is 4.65. The van der Waals surface area contributed by atoms with Crippen LogP contribution >= 0.6 is 0 Å². The van der Waals surface area contributed by atoms with Crippen LogP contribution in [0, 0.1) is 12.8 Å². The van der Waals surface area contributed by atoms with Gasteiger partial charge in [0, 0.05) is 17.6 Å². The molecule has 5 nitrogen and oxygen atoms in total. The topological polar surface area (TPSA) is 58.4 Å². The van der Waals surface area contributed by atoms with Crippen molar-refractivity contribution in [3.05, 3.63) is 77.6 Å². The molecule has 3 aliphatic rings. The predicted octanol–water partition coefficient (Wildman–Crippen LogP) is 5.00. The number of amides is 1. The number of benzene rings is 2. The summed E-state index contributed by atoms with van der Waals surface area (Å²) >= 11 is 0. The number of likely N-dealkylation sites (N-methyl/N-ethyl adjacent to an activating group) is 1. The third kappa shape index (κ3) is 3.47. The zero-order valence-electron chi connectivity index (χ0n) is 18.2. The highest BCUT2D eigenvalue weighted by molar-refractivity contribution is 6.01. The van der Waals surface area contributed by atoms with E-state index in [4.69, 9.17) is 4.52 Å². The number of rotatable bonds is 5. The van der Waals surface area contributed by atoms with Gasteiger partial charge < -0.3 is 9.84 Å². The lowest BCUT2D eigenvalue weighted by Gasteiger charge is -2.57. The minimum atomic E-state index is -0.123. The summed E-state index contributed by atoms with van der Waals surface area (Å²) in [6, 6.07) is 20.1. The third-order valence-corrected chi connectivity index (χ3v) is 7.35. The Morgan fingerprint density at radius 2 is 1.74 bits per heavy atom. The SMILES string of the molecule is Cc1onc(-c2ccccc2)c1C(=O)NC(c1ccccc1)C12CCC(CC1)CN2C. The van der Waals surface area contributed by atoms with E-state index in [-0.39, 0.29) is 17.5 Å². The van der Waals surface area contributed by atoms with Crippen molar-refractivity contribution in [2.45, 2.75) is 44.2 Å². The predicted molar refractivity (Wildman–Crippen MR) is 121 cm³/mol. The normalized spacial score (nSPS) is 24.1. The van der Waals surface area contributed by atoms with Crippen molar-refractivity contribution in [1.29, 1.82) is 0 Å². The number of aryl methyl sites for hydroxylation is 1. The van der Waals surface area contributed by atoms with Gasteiger partial charge in [-0.1, -0.05) is 65.8 Å². The number of hydrogen-bond acceptors (Lipinski definition) is 4. The summed E-state index contributed by atoms with van der Waals surface area (Å²) in [4.78, 5) is 16.2. The first kappa shape index (κ1) is 20.0. The Kier molecular flexibility index (Phi) is 5.14. The van der Waals surface area contributed by atoms with Crippen molar-refractivity contribution < 1.29 is 9.32 Å². The van der Waals surface area contributed by atoms with E-state index in [1.165, 1.54) is 12.8 Å². The van der Waals surface area contributed by atoms with Gasteiger partial charge >= 0.3 is 0 Å². The molecule has 1 aromatic heterocycles. The Morgan fingerprint density at radius 1 is 1.10 bits per heavy atom. The molecule has 5 heteroatoms. The van der Waals surface area contributed by atoms with E-state index < -0.39 is 0 Å². The van der Waals surface area contributed by atoms with Gasteiger partial charge in [0.1, 0.15) is 17.0 Å². The molecule has 2 aromatic carbocycles. The Balaban J connectivity index is 1.53. The van der Waals surface area contributed by atoms with Crippen LogP contribution in [0.3, 0.4) is 0 Å². The van der Waals surface area contributed by atoms with Crippen molar-refractivity contribution in [3.8, 4) is 11.3 Å². The first-order valence-electron chi connectivity index (χ1n) is 11.2. The fourth-order valence-corrected chi connectivity index (χ4v) is 5.63. The summed E-state index contributed by atoms with van der Waals surface area (Å²) in [5, 5.41) is 7.64. The number of nitrogens with one attached hydrogen (secondary N) is 1. The quantitative estimate of drug-likeness (QED) is 0.637. The molecule has 2 saturated heterocycles. The van der Waals surface area contributed by atoms with Crippen molar-refractivity contribution in [2.24, 2.45) is 5.92 Å². The largest absolute Gasteiger partial charge is 0.360 e. The first-order chi connectivity index (χ1) is 15.1. The molecule has 1 amide bonds. The maximum atomic E-state index is 13.7. The van der Waals surface area contributed by atoms with Crippen molar-refractivity contribution in [1.82, 2.24) is 15.4 Å². The standard InChI is InChI=1S/C26H29N3O2/c1-18-22(23(28-31-18)20-9-5-3-6-10-20)25(30)27-24(21-11-7-4-8-12-21)26-15-13-19(14-16-26)17-29(26)2/h3-12,19,24H,13-17H2,1-2H3,(H,27,30). The minimum Gasteiger partial charge on any atom is -0.360 e. The lowest BCUT2D eigenvalue weighted by molar-refractivity contribution is -0.0404. The molecule has 3 fully saturated rings. The average molecular weight is 416 g/mol. The van der Waals surface area contributed by atoms with Gasteiger partial charge in [0.15, 0.2) is 0 Å². The fourth-order valence-electron chi connectivity index (χ4n) is 5.63. The van der Waals surface area contributed by atoms with E-state index in [0.717, 1.165) is 36.4 Å². The van der Waals surface area contributed by atoms with Crippen LogP contribution in [-0.4, -0.2) is 35.1 Å². The van der Waals surface area contributed by atoms with Crippen molar-refractivity contribution in [2.75, 3.05) is 13.6 Å². The maximum absolute atomic E-state index is 13.7. The van der Waals surface area contributed by atoms with Gasteiger partial charge in [0.2, 0.25) is 0 Å². The zero-order chi connectivity index (χ0) is 21.4. The van der Waals surface area contributed by atoms with Crippen LogP contribution in [0.2, 0.25) is 0 Å². The number of aromatic nitrogens is 1. The Morgan fingerprint density at radius 3 is 2.39 bits per heavy atom. The lowest BCUT2D eigenvalue weighted by atomic mass is 9.65. The molecular formula is C26H29N3O2. The smallest absolute Gasteiger partial charge is 0.257 e. The van der Waals surface area contributed by atoms with E-state index >= 15 is 0 Å². The first-order valence-corrected chi connectivity index (χ1v) is 11.2. The number of piperidine rings is 2. The van der Waals surface area contributed by atoms with E-state index in [0.29, 0.717) is 17.0 Å². The van der Waals surface area contributed by atoms with E-state index in [1.54, 1.807) is 0 Å².